The molecule has 138 valence electrons. The van der Waals surface area contributed by atoms with Crippen LogP contribution >= 0.6 is 0 Å². The minimum Gasteiger partial charge on any atom is -0.380 e. The van der Waals surface area contributed by atoms with E-state index in [0.717, 1.165) is 43.1 Å². The Hall–Kier alpha value is -2.44. The van der Waals surface area contributed by atoms with Gasteiger partial charge in [0.05, 0.1) is 6.61 Å². The van der Waals surface area contributed by atoms with Gasteiger partial charge in [0.1, 0.15) is 5.82 Å². The van der Waals surface area contributed by atoms with Crippen molar-refractivity contribution in [1.29, 1.82) is 0 Å². The lowest BCUT2D eigenvalue weighted by Crippen LogP contribution is -2.43. The van der Waals surface area contributed by atoms with Crippen molar-refractivity contribution >= 4 is 11.7 Å². The molecule has 2 aromatic rings. The molecule has 6 nitrogen and oxygen atoms in total. The van der Waals surface area contributed by atoms with E-state index in [1.165, 1.54) is 0 Å². The van der Waals surface area contributed by atoms with Crippen molar-refractivity contribution in [1.82, 2.24) is 15.6 Å². The number of nitrogens with one attached hydrogen (secondary N) is 2. The molecule has 0 bridgehead atoms. The van der Waals surface area contributed by atoms with Gasteiger partial charge < -0.3 is 20.3 Å². The number of pyridine rings is 1. The zero-order chi connectivity index (χ0) is 18.2. The number of hydrogen-bond donors (Lipinski definition) is 2. The molecule has 1 aromatic carbocycles. The highest BCUT2D eigenvalue weighted by Gasteiger charge is 2.12. The second-order valence-electron chi connectivity index (χ2n) is 6.17. The van der Waals surface area contributed by atoms with E-state index in [2.05, 4.69) is 26.6 Å². The van der Waals surface area contributed by atoms with Crippen molar-refractivity contribution in [3.8, 4) is 11.1 Å². The van der Waals surface area contributed by atoms with Gasteiger partial charge in [0, 0.05) is 51.1 Å². The van der Waals surface area contributed by atoms with Crippen LogP contribution in [0.3, 0.4) is 0 Å². The number of ether oxygens (including phenoxy) is 1. The monoisotopic (exact) mass is 354 g/mol. The van der Waals surface area contributed by atoms with E-state index in [4.69, 9.17) is 4.74 Å². The predicted molar refractivity (Wildman–Crippen MR) is 104 cm³/mol. The zero-order valence-corrected chi connectivity index (χ0v) is 15.2. The molecule has 26 heavy (non-hydrogen) atoms. The molecule has 2 heterocycles. The van der Waals surface area contributed by atoms with Crippen molar-refractivity contribution in [2.45, 2.75) is 6.92 Å². The second kappa shape index (κ2) is 9.31. The van der Waals surface area contributed by atoms with Crippen LogP contribution in [0.2, 0.25) is 0 Å². The average molecular weight is 354 g/mol. The van der Waals surface area contributed by atoms with Gasteiger partial charge in [-0.05, 0) is 42.3 Å². The van der Waals surface area contributed by atoms with Gasteiger partial charge in [-0.2, -0.15) is 0 Å². The molecule has 6 heteroatoms. The lowest BCUT2D eigenvalue weighted by atomic mass is 10.0. The average Bonchev–Trinajstić information content (AvgIpc) is 2.72. The molecule has 3 rings (SSSR count). The van der Waals surface area contributed by atoms with Crippen molar-refractivity contribution in [3.63, 3.8) is 0 Å². The van der Waals surface area contributed by atoms with E-state index >= 15 is 0 Å². The van der Waals surface area contributed by atoms with Gasteiger partial charge in [0.2, 0.25) is 0 Å². The zero-order valence-electron chi connectivity index (χ0n) is 15.2. The standard InChI is InChI=1S/C20H26N4O2/c1-2-26-14-11-23-20(25)17-5-3-16(4-6-17)18-7-8-22-19(15-18)24-12-9-21-10-13-24/h3-8,15,21H,2,9-14H2,1H3,(H,23,25). The Labute approximate surface area is 154 Å². The summed E-state index contributed by atoms with van der Waals surface area (Å²) in [7, 11) is 0. The summed E-state index contributed by atoms with van der Waals surface area (Å²) in [6.45, 7) is 7.56. The Morgan fingerprint density at radius 1 is 1.19 bits per heavy atom. The van der Waals surface area contributed by atoms with Crippen LogP contribution in [0.1, 0.15) is 17.3 Å². The number of carbonyl (C=O) groups is 1. The molecule has 1 aliphatic rings. The van der Waals surface area contributed by atoms with Crippen LogP contribution < -0.4 is 15.5 Å². The molecule has 0 atom stereocenters. The Morgan fingerprint density at radius 2 is 1.96 bits per heavy atom. The molecule has 0 radical (unpaired) electrons. The molecule has 0 spiro atoms. The summed E-state index contributed by atoms with van der Waals surface area (Å²) in [6.07, 6.45) is 1.85. The number of hydrogen-bond acceptors (Lipinski definition) is 5. The van der Waals surface area contributed by atoms with Crippen LogP contribution in [0, 0.1) is 0 Å². The number of benzene rings is 1. The molecule has 1 aromatic heterocycles. The van der Waals surface area contributed by atoms with Gasteiger partial charge in [0.25, 0.3) is 5.91 Å². The summed E-state index contributed by atoms with van der Waals surface area (Å²) >= 11 is 0. The number of nitrogens with zero attached hydrogens (tertiary/aromatic N) is 2. The van der Waals surface area contributed by atoms with Crippen LogP contribution in [-0.4, -0.2) is 56.8 Å². The van der Waals surface area contributed by atoms with Crippen molar-refractivity contribution in [2.24, 2.45) is 0 Å². The first-order chi connectivity index (χ1) is 12.8. The highest BCUT2D eigenvalue weighted by Crippen LogP contribution is 2.23. The van der Waals surface area contributed by atoms with Crippen molar-refractivity contribution < 1.29 is 9.53 Å². The Kier molecular flexibility index (Phi) is 6.57. The van der Waals surface area contributed by atoms with Crippen LogP contribution in [0.5, 0.6) is 0 Å². The topological polar surface area (TPSA) is 66.5 Å². The lowest BCUT2D eigenvalue weighted by Gasteiger charge is -2.28. The first kappa shape index (κ1) is 18.4. The number of piperazine rings is 1. The largest absolute Gasteiger partial charge is 0.380 e. The Bertz CT molecular complexity index is 712. The third kappa shape index (κ3) is 4.80. The number of rotatable bonds is 7. The first-order valence-corrected chi connectivity index (χ1v) is 9.16. The molecule has 0 aliphatic carbocycles. The van der Waals surface area contributed by atoms with Gasteiger partial charge in [-0.15, -0.1) is 0 Å². The summed E-state index contributed by atoms with van der Waals surface area (Å²) in [5.41, 5.74) is 2.84. The smallest absolute Gasteiger partial charge is 0.251 e. The van der Waals surface area contributed by atoms with Gasteiger partial charge in [-0.3, -0.25) is 4.79 Å². The van der Waals surface area contributed by atoms with E-state index in [-0.39, 0.29) is 5.91 Å². The number of amides is 1. The van der Waals surface area contributed by atoms with Gasteiger partial charge in [0.15, 0.2) is 0 Å². The van der Waals surface area contributed by atoms with E-state index < -0.39 is 0 Å². The summed E-state index contributed by atoms with van der Waals surface area (Å²) in [6, 6.07) is 11.8. The maximum atomic E-state index is 12.1. The van der Waals surface area contributed by atoms with E-state index in [9.17, 15) is 4.79 Å². The fraction of sp³-hybridized carbons (Fsp3) is 0.400. The van der Waals surface area contributed by atoms with Crippen LogP contribution in [0.25, 0.3) is 11.1 Å². The van der Waals surface area contributed by atoms with Crippen LogP contribution in [0.15, 0.2) is 42.6 Å². The minimum atomic E-state index is -0.0764. The molecule has 0 saturated carbocycles. The number of anilines is 1. The van der Waals surface area contributed by atoms with Crippen LogP contribution in [-0.2, 0) is 4.74 Å². The number of aromatic nitrogens is 1. The van der Waals surface area contributed by atoms with Gasteiger partial charge in [-0.25, -0.2) is 4.98 Å². The maximum Gasteiger partial charge on any atom is 0.251 e. The molecule has 1 amide bonds. The molecular formula is C20H26N4O2. The minimum absolute atomic E-state index is 0.0764. The summed E-state index contributed by atoms with van der Waals surface area (Å²) in [5, 5.41) is 6.21. The summed E-state index contributed by atoms with van der Waals surface area (Å²) < 4.78 is 5.23. The highest BCUT2D eigenvalue weighted by atomic mass is 16.5. The quantitative estimate of drug-likeness (QED) is 0.744. The Morgan fingerprint density at radius 3 is 2.69 bits per heavy atom. The van der Waals surface area contributed by atoms with E-state index in [1.807, 2.05) is 43.5 Å². The highest BCUT2D eigenvalue weighted by molar-refractivity contribution is 5.94. The lowest BCUT2D eigenvalue weighted by molar-refractivity contribution is 0.0922. The van der Waals surface area contributed by atoms with Crippen LogP contribution in [0.4, 0.5) is 5.82 Å². The first-order valence-electron chi connectivity index (χ1n) is 9.16. The molecule has 2 N–H and O–H groups in total. The third-order valence-corrected chi connectivity index (χ3v) is 4.40. The van der Waals surface area contributed by atoms with Gasteiger partial charge >= 0.3 is 0 Å². The fourth-order valence-electron chi connectivity index (χ4n) is 2.96. The normalized spacial score (nSPS) is 14.3. The molecular weight excluding hydrogens is 328 g/mol. The summed E-state index contributed by atoms with van der Waals surface area (Å²) in [5.74, 6) is 0.925. The van der Waals surface area contributed by atoms with E-state index in [1.54, 1.807) is 0 Å². The van der Waals surface area contributed by atoms with Crippen molar-refractivity contribution in [3.05, 3.63) is 48.2 Å². The van der Waals surface area contributed by atoms with E-state index in [0.29, 0.717) is 25.3 Å². The van der Waals surface area contributed by atoms with Crippen molar-refractivity contribution in [2.75, 3.05) is 50.8 Å². The maximum absolute atomic E-state index is 12.1. The SMILES string of the molecule is CCOCCNC(=O)c1ccc(-c2ccnc(N3CCNCC3)c2)cc1. The third-order valence-electron chi connectivity index (χ3n) is 4.40. The molecule has 1 saturated heterocycles. The molecule has 1 aliphatic heterocycles. The molecule has 1 fully saturated rings. The predicted octanol–water partition coefficient (Wildman–Crippen LogP) is 1.92. The number of carbonyl (C=O) groups excluding carboxylic acids is 1. The van der Waals surface area contributed by atoms with Gasteiger partial charge in [-0.1, -0.05) is 12.1 Å². The fourth-order valence-corrected chi connectivity index (χ4v) is 2.96. The second-order valence-corrected chi connectivity index (χ2v) is 6.17. The Balaban J connectivity index is 1.65. The summed E-state index contributed by atoms with van der Waals surface area (Å²) in [4.78, 5) is 18.9. The molecule has 0 unspecified atom stereocenters.